The lowest BCUT2D eigenvalue weighted by atomic mass is 10.1. The summed E-state index contributed by atoms with van der Waals surface area (Å²) in [5.74, 6) is 0.0846. The number of aromatic nitrogens is 2. The van der Waals surface area contributed by atoms with Crippen LogP contribution in [0.25, 0.3) is 22.2 Å². The van der Waals surface area contributed by atoms with Crippen LogP contribution < -0.4 is 0 Å². The lowest BCUT2D eigenvalue weighted by molar-refractivity contribution is 0.220. The van der Waals surface area contributed by atoms with E-state index in [1.807, 2.05) is 18.3 Å². The van der Waals surface area contributed by atoms with E-state index in [2.05, 4.69) is 27.0 Å². The van der Waals surface area contributed by atoms with Gasteiger partial charge in [0.15, 0.2) is 5.88 Å². The van der Waals surface area contributed by atoms with Gasteiger partial charge < -0.3 is 10.1 Å². The van der Waals surface area contributed by atoms with Crippen LogP contribution in [0.5, 0.6) is 5.88 Å². The second-order valence-corrected chi connectivity index (χ2v) is 6.61. The Kier molecular flexibility index (Phi) is 4.12. The number of hydrogen-bond acceptors (Lipinski definition) is 4. The van der Waals surface area contributed by atoms with Gasteiger partial charge in [0, 0.05) is 18.1 Å². The lowest BCUT2D eigenvalue weighted by Crippen LogP contribution is -2.29. The minimum absolute atomic E-state index is 0.0846. The van der Waals surface area contributed by atoms with Gasteiger partial charge in [-0.05, 0) is 49.7 Å². The van der Waals surface area contributed by atoms with E-state index in [1.54, 1.807) is 12.1 Å². The molecule has 4 rings (SSSR count). The average Bonchev–Trinajstić information content (AvgIpc) is 2.98. The summed E-state index contributed by atoms with van der Waals surface area (Å²) >= 11 is 0. The fourth-order valence-electron chi connectivity index (χ4n) is 3.55. The average molecular weight is 332 g/mol. The zero-order valence-corrected chi connectivity index (χ0v) is 14.0. The molecular weight excluding hydrogens is 312 g/mol. The number of aromatic hydroxyl groups is 1. The van der Waals surface area contributed by atoms with Crippen LogP contribution >= 0.6 is 0 Å². The number of aromatic amines is 1. The van der Waals surface area contributed by atoms with Crippen LogP contribution in [0.2, 0.25) is 0 Å². The van der Waals surface area contributed by atoms with Crippen molar-refractivity contribution in [3.63, 3.8) is 0 Å². The molecule has 0 atom stereocenters. The second kappa shape index (κ2) is 6.58. The van der Waals surface area contributed by atoms with E-state index in [9.17, 15) is 5.11 Å². The third-order valence-electron chi connectivity index (χ3n) is 4.84. The van der Waals surface area contributed by atoms with Crippen molar-refractivity contribution >= 4 is 10.9 Å². The highest BCUT2D eigenvalue weighted by atomic mass is 16.3. The van der Waals surface area contributed by atoms with E-state index in [1.165, 1.54) is 24.8 Å². The van der Waals surface area contributed by atoms with Crippen LogP contribution in [-0.2, 0) is 6.54 Å². The first-order valence-corrected chi connectivity index (χ1v) is 8.67. The Labute approximate surface area is 146 Å². The monoisotopic (exact) mass is 332 g/mol. The molecule has 1 aliphatic heterocycles. The Balaban J connectivity index is 1.62. The molecular formula is C20H20N4O. The highest BCUT2D eigenvalue weighted by Gasteiger charge is 2.15. The first kappa shape index (κ1) is 15.7. The van der Waals surface area contributed by atoms with Crippen molar-refractivity contribution < 1.29 is 5.11 Å². The molecule has 1 fully saturated rings. The number of nitrogens with zero attached hydrogens (tertiary/aromatic N) is 3. The van der Waals surface area contributed by atoms with Gasteiger partial charge in [0.05, 0.1) is 28.4 Å². The van der Waals surface area contributed by atoms with Crippen molar-refractivity contribution in [3.05, 3.63) is 47.7 Å². The third kappa shape index (κ3) is 3.09. The van der Waals surface area contributed by atoms with E-state index in [4.69, 9.17) is 5.26 Å². The van der Waals surface area contributed by atoms with Crippen molar-refractivity contribution in [1.82, 2.24) is 14.9 Å². The Morgan fingerprint density at radius 1 is 1.16 bits per heavy atom. The van der Waals surface area contributed by atoms with Gasteiger partial charge in [0.1, 0.15) is 0 Å². The summed E-state index contributed by atoms with van der Waals surface area (Å²) in [6, 6.07) is 11.5. The van der Waals surface area contributed by atoms with Crippen molar-refractivity contribution in [1.29, 1.82) is 5.26 Å². The molecule has 1 saturated heterocycles. The summed E-state index contributed by atoms with van der Waals surface area (Å²) in [5.41, 5.74) is 3.91. The number of nitrogens with one attached hydrogen (secondary N) is 1. The number of hydrogen-bond donors (Lipinski definition) is 2. The molecule has 0 aliphatic carbocycles. The minimum atomic E-state index is 0.0846. The molecule has 0 spiro atoms. The molecule has 126 valence electrons. The first-order valence-electron chi connectivity index (χ1n) is 8.67. The predicted molar refractivity (Wildman–Crippen MR) is 97.0 cm³/mol. The largest absolute Gasteiger partial charge is 0.494 e. The number of rotatable bonds is 3. The van der Waals surface area contributed by atoms with Crippen LogP contribution in [0.4, 0.5) is 0 Å². The number of piperidine rings is 1. The number of H-pyrrole nitrogens is 1. The molecule has 0 unspecified atom stereocenters. The Morgan fingerprint density at radius 3 is 2.72 bits per heavy atom. The van der Waals surface area contributed by atoms with Gasteiger partial charge in [-0.25, -0.2) is 0 Å². The fraction of sp³-hybridized carbons (Fsp3) is 0.300. The maximum absolute atomic E-state index is 10.3. The maximum Gasteiger partial charge on any atom is 0.199 e. The van der Waals surface area contributed by atoms with Crippen LogP contribution in [-0.4, -0.2) is 33.1 Å². The third-order valence-corrected chi connectivity index (χ3v) is 4.84. The summed E-state index contributed by atoms with van der Waals surface area (Å²) in [6.45, 7) is 3.25. The molecule has 0 saturated carbocycles. The molecule has 3 aromatic rings. The van der Waals surface area contributed by atoms with Crippen molar-refractivity contribution in [2.24, 2.45) is 0 Å². The van der Waals surface area contributed by atoms with E-state index in [-0.39, 0.29) is 5.88 Å². The molecule has 1 aromatic carbocycles. The number of benzene rings is 1. The normalized spacial score (nSPS) is 15.3. The van der Waals surface area contributed by atoms with E-state index < -0.39 is 0 Å². The summed E-state index contributed by atoms with van der Waals surface area (Å²) in [6.07, 6.45) is 5.78. The van der Waals surface area contributed by atoms with Crippen molar-refractivity contribution in [2.75, 3.05) is 13.1 Å². The second-order valence-electron chi connectivity index (χ2n) is 6.61. The predicted octanol–water partition coefficient (Wildman–Crippen LogP) is 3.79. The van der Waals surface area contributed by atoms with E-state index in [0.717, 1.165) is 36.2 Å². The van der Waals surface area contributed by atoms with Gasteiger partial charge >= 0.3 is 0 Å². The topological polar surface area (TPSA) is 75.9 Å². The van der Waals surface area contributed by atoms with Crippen molar-refractivity contribution in [3.8, 4) is 23.2 Å². The Hall–Kier alpha value is -2.84. The Morgan fingerprint density at radius 2 is 2.00 bits per heavy atom. The molecule has 0 bridgehead atoms. The van der Waals surface area contributed by atoms with Gasteiger partial charge in [0.25, 0.3) is 0 Å². The first-order chi connectivity index (χ1) is 12.2. The maximum atomic E-state index is 10.3. The summed E-state index contributed by atoms with van der Waals surface area (Å²) in [7, 11) is 0. The van der Waals surface area contributed by atoms with Crippen molar-refractivity contribution in [2.45, 2.75) is 25.8 Å². The van der Waals surface area contributed by atoms with Gasteiger partial charge in [-0.15, -0.1) is 0 Å². The van der Waals surface area contributed by atoms with E-state index in [0.29, 0.717) is 11.1 Å². The summed E-state index contributed by atoms with van der Waals surface area (Å²) in [5, 5.41) is 20.2. The van der Waals surface area contributed by atoms with E-state index >= 15 is 0 Å². The molecule has 2 N–H and O–H groups in total. The minimum Gasteiger partial charge on any atom is -0.494 e. The molecule has 1 aliphatic rings. The standard InChI is InChI=1S/C20H20N4O/c21-11-14-4-6-16-18(10-14)23-20(25)19(16)17-7-5-15(12-22-17)13-24-8-2-1-3-9-24/h4-7,10,12,23,25H,1-3,8-9,13H2. The lowest BCUT2D eigenvalue weighted by Gasteiger charge is -2.26. The molecule has 2 aromatic heterocycles. The van der Waals surface area contributed by atoms with Crippen LogP contribution in [0.3, 0.4) is 0 Å². The zero-order chi connectivity index (χ0) is 17.2. The number of fused-ring (bicyclic) bond motifs is 1. The molecule has 25 heavy (non-hydrogen) atoms. The van der Waals surface area contributed by atoms with Gasteiger partial charge in [0.2, 0.25) is 0 Å². The highest BCUT2D eigenvalue weighted by Crippen LogP contribution is 2.35. The summed E-state index contributed by atoms with van der Waals surface area (Å²) < 4.78 is 0. The molecule has 0 amide bonds. The van der Waals surface area contributed by atoms with Crippen LogP contribution in [0.15, 0.2) is 36.5 Å². The number of pyridine rings is 1. The zero-order valence-electron chi connectivity index (χ0n) is 14.0. The SMILES string of the molecule is N#Cc1ccc2c(-c3ccc(CN4CCCCC4)cn3)c(O)[nH]c2c1. The molecule has 3 heterocycles. The van der Waals surface area contributed by atoms with Gasteiger partial charge in [-0.1, -0.05) is 18.6 Å². The van der Waals surface area contributed by atoms with Crippen LogP contribution in [0.1, 0.15) is 30.4 Å². The summed E-state index contributed by atoms with van der Waals surface area (Å²) in [4.78, 5) is 9.97. The van der Waals surface area contributed by atoms with Gasteiger partial charge in [-0.2, -0.15) is 5.26 Å². The fourth-order valence-corrected chi connectivity index (χ4v) is 3.55. The highest BCUT2D eigenvalue weighted by molar-refractivity contribution is 5.98. The van der Waals surface area contributed by atoms with Crippen LogP contribution in [0, 0.1) is 11.3 Å². The molecule has 5 nitrogen and oxygen atoms in total. The molecule has 5 heteroatoms. The number of likely N-dealkylation sites (tertiary alicyclic amines) is 1. The number of nitriles is 1. The quantitative estimate of drug-likeness (QED) is 0.765. The molecule has 0 radical (unpaired) electrons. The Bertz CT molecular complexity index is 931. The smallest absolute Gasteiger partial charge is 0.199 e. The van der Waals surface area contributed by atoms with Gasteiger partial charge in [-0.3, -0.25) is 9.88 Å².